The van der Waals surface area contributed by atoms with E-state index in [0.717, 1.165) is 24.0 Å². The molecule has 0 aromatic heterocycles. The fourth-order valence-corrected chi connectivity index (χ4v) is 2.52. The van der Waals surface area contributed by atoms with E-state index in [-0.39, 0.29) is 12.1 Å². The van der Waals surface area contributed by atoms with Gasteiger partial charge in [-0.1, -0.05) is 68.3 Å². The number of esters is 1. The van der Waals surface area contributed by atoms with Gasteiger partial charge in [-0.25, -0.2) is 4.79 Å². The Morgan fingerprint density at radius 1 is 1.00 bits per heavy atom. The third-order valence-corrected chi connectivity index (χ3v) is 3.75. The molecule has 0 N–H and O–H groups in total. The van der Waals surface area contributed by atoms with Gasteiger partial charge in [-0.3, -0.25) is 0 Å². The minimum atomic E-state index is -0.233. The van der Waals surface area contributed by atoms with Crippen LogP contribution in [0.4, 0.5) is 0 Å². The molecule has 0 aliphatic heterocycles. The third-order valence-electron chi connectivity index (χ3n) is 3.75. The Labute approximate surface area is 133 Å². The third kappa shape index (κ3) is 4.45. The van der Waals surface area contributed by atoms with E-state index >= 15 is 0 Å². The van der Waals surface area contributed by atoms with Crippen molar-refractivity contribution < 1.29 is 9.53 Å². The first-order valence-corrected chi connectivity index (χ1v) is 8.07. The smallest absolute Gasteiger partial charge is 0.339 e. The molecule has 2 heteroatoms. The molecule has 0 radical (unpaired) electrons. The monoisotopic (exact) mass is 296 g/mol. The van der Waals surface area contributed by atoms with Crippen LogP contribution < -0.4 is 0 Å². The first kappa shape index (κ1) is 16.3. The fraction of sp³-hybridized carbons (Fsp3) is 0.350. The summed E-state index contributed by atoms with van der Waals surface area (Å²) in [5.74, 6) is -0.233. The number of benzene rings is 2. The molecule has 0 saturated carbocycles. The number of carbonyl (C=O) groups excluding carboxylic acids is 1. The molecule has 0 aliphatic carbocycles. The number of hydrogen-bond acceptors (Lipinski definition) is 2. The predicted molar refractivity (Wildman–Crippen MR) is 90.9 cm³/mol. The average Bonchev–Trinajstić information content (AvgIpc) is 2.56. The molecule has 2 aromatic rings. The summed E-state index contributed by atoms with van der Waals surface area (Å²) in [6.07, 6.45) is 4.35. The van der Waals surface area contributed by atoms with Gasteiger partial charge in [-0.2, -0.15) is 0 Å². The maximum absolute atomic E-state index is 12.5. The second kappa shape index (κ2) is 8.38. The van der Waals surface area contributed by atoms with Crippen molar-refractivity contribution in [2.75, 3.05) is 0 Å². The standard InChI is InChI=1S/C20H24O2/c1-3-4-6-11-16(2)22-20(21)19-15-10-9-14-18(19)17-12-7-5-8-13-17/h5,7-10,12-16H,3-4,6,11H2,1-2H3. The van der Waals surface area contributed by atoms with Crippen molar-refractivity contribution in [1.29, 1.82) is 0 Å². The van der Waals surface area contributed by atoms with Crippen LogP contribution in [0.5, 0.6) is 0 Å². The molecule has 22 heavy (non-hydrogen) atoms. The van der Waals surface area contributed by atoms with Crippen molar-refractivity contribution in [3.05, 3.63) is 60.2 Å². The largest absolute Gasteiger partial charge is 0.459 e. The van der Waals surface area contributed by atoms with E-state index in [1.54, 1.807) is 0 Å². The highest BCUT2D eigenvalue weighted by Gasteiger charge is 2.16. The van der Waals surface area contributed by atoms with Crippen LogP contribution in [-0.2, 0) is 4.74 Å². The van der Waals surface area contributed by atoms with Crippen LogP contribution >= 0.6 is 0 Å². The molecule has 0 aliphatic rings. The Kier molecular flexibility index (Phi) is 6.20. The minimum Gasteiger partial charge on any atom is -0.459 e. The van der Waals surface area contributed by atoms with Crippen LogP contribution in [0.1, 0.15) is 49.9 Å². The normalized spacial score (nSPS) is 11.9. The van der Waals surface area contributed by atoms with E-state index < -0.39 is 0 Å². The van der Waals surface area contributed by atoms with Crippen molar-refractivity contribution in [1.82, 2.24) is 0 Å². The Hall–Kier alpha value is -2.09. The fourth-order valence-electron chi connectivity index (χ4n) is 2.52. The van der Waals surface area contributed by atoms with Crippen LogP contribution in [0.15, 0.2) is 54.6 Å². The van der Waals surface area contributed by atoms with Gasteiger partial charge in [-0.05, 0) is 37.0 Å². The molecule has 1 unspecified atom stereocenters. The van der Waals surface area contributed by atoms with E-state index in [2.05, 4.69) is 6.92 Å². The highest BCUT2D eigenvalue weighted by molar-refractivity contribution is 5.97. The molecule has 0 saturated heterocycles. The van der Waals surface area contributed by atoms with Gasteiger partial charge < -0.3 is 4.74 Å². The number of unbranched alkanes of at least 4 members (excludes halogenated alkanes) is 2. The van der Waals surface area contributed by atoms with Gasteiger partial charge in [0.1, 0.15) is 0 Å². The summed E-state index contributed by atoms with van der Waals surface area (Å²) >= 11 is 0. The molecule has 0 fully saturated rings. The minimum absolute atomic E-state index is 0.0390. The maximum Gasteiger partial charge on any atom is 0.339 e. The maximum atomic E-state index is 12.5. The van der Waals surface area contributed by atoms with Crippen LogP contribution in [0.3, 0.4) is 0 Å². The second-order valence-corrected chi connectivity index (χ2v) is 5.62. The van der Waals surface area contributed by atoms with Gasteiger partial charge in [0.05, 0.1) is 11.7 Å². The Morgan fingerprint density at radius 3 is 2.41 bits per heavy atom. The topological polar surface area (TPSA) is 26.3 Å². The molecule has 0 amide bonds. The van der Waals surface area contributed by atoms with Crippen molar-refractivity contribution in [3.63, 3.8) is 0 Å². The lowest BCUT2D eigenvalue weighted by molar-refractivity contribution is 0.0320. The summed E-state index contributed by atoms with van der Waals surface area (Å²) in [6, 6.07) is 17.6. The Balaban J connectivity index is 2.10. The summed E-state index contributed by atoms with van der Waals surface area (Å²) in [7, 11) is 0. The molecule has 0 bridgehead atoms. The Morgan fingerprint density at radius 2 is 1.68 bits per heavy atom. The van der Waals surface area contributed by atoms with Crippen molar-refractivity contribution in [2.24, 2.45) is 0 Å². The zero-order valence-corrected chi connectivity index (χ0v) is 13.4. The summed E-state index contributed by atoms with van der Waals surface area (Å²) < 4.78 is 5.61. The molecule has 2 nitrogen and oxygen atoms in total. The van der Waals surface area contributed by atoms with E-state index in [1.165, 1.54) is 12.8 Å². The van der Waals surface area contributed by atoms with Crippen LogP contribution in [0.2, 0.25) is 0 Å². The first-order chi connectivity index (χ1) is 10.7. The zero-order valence-electron chi connectivity index (χ0n) is 13.4. The van der Waals surface area contributed by atoms with Gasteiger partial charge in [0.25, 0.3) is 0 Å². The van der Waals surface area contributed by atoms with Gasteiger partial charge in [-0.15, -0.1) is 0 Å². The summed E-state index contributed by atoms with van der Waals surface area (Å²) in [5.41, 5.74) is 2.60. The van der Waals surface area contributed by atoms with Crippen LogP contribution in [0.25, 0.3) is 11.1 Å². The number of hydrogen-bond donors (Lipinski definition) is 0. The lowest BCUT2D eigenvalue weighted by Crippen LogP contribution is -2.15. The first-order valence-electron chi connectivity index (χ1n) is 8.07. The van der Waals surface area contributed by atoms with Gasteiger partial charge in [0.2, 0.25) is 0 Å². The molecule has 116 valence electrons. The van der Waals surface area contributed by atoms with Crippen LogP contribution in [0, 0.1) is 0 Å². The van der Waals surface area contributed by atoms with Gasteiger partial charge >= 0.3 is 5.97 Å². The van der Waals surface area contributed by atoms with E-state index in [1.807, 2.05) is 61.5 Å². The van der Waals surface area contributed by atoms with E-state index in [4.69, 9.17) is 4.74 Å². The molecule has 0 heterocycles. The lowest BCUT2D eigenvalue weighted by Gasteiger charge is -2.15. The molecule has 0 spiro atoms. The highest BCUT2D eigenvalue weighted by atomic mass is 16.5. The molecular formula is C20H24O2. The van der Waals surface area contributed by atoms with Crippen LogP contribution in [-0.4, -0.2) is 12.1 Å². The van der Waals surface area contributed by atoms with Gasteiger partial charge in [0, 0.05) is 0 Å². The molecule has 2 rings (SSSR count). The summed E-state index contributed by atoms with van der Waals surface area (Å²) in [5, 5.41) is 0. The van der Waals surface area contributed by atoms with Crippen molar-refractivity contribution in [2.45, 2.75) is 45.6 Å². The molecular weight excluding hydrogens is 272 g/mol. The van der Waals surface area contributed by atoms with E-state index in [9.17, 15) is 4.79 Å². The van der Waals surface area contributed by atoms with E-state index in [0.29, 0.717) is 5.56 Å². The predicted octanol–water partition coefficient (Wildman–Crippen LogP) is 5.48. The summed E-state index contributed by atoms with van der Waals surface area (Å²) in [6.45, 7) is 4.14. The highest BCUT2D eigenvalue weighted by Crippen LogP contribution is 2.24. The van der Waals surface area contributed by atoms with Gasteiger partial charge in [0.15, 0.2) is 0 Å². The average molecular weight is 296 g/mol. The SMILES string of the molecule is CCCCCC(C)OC(=O)c1ccccc1-c1ccccc1. The quantitative estimate of drug-likeness (QED) is 0.499. The lowest BCUT2D eigenvalue weighted by atomic mass is 10.00. The number of ether oxygens (including phenoxy) is 1. The Bertz CT molecular complexity index is 590. The number of rotatable bonds is 7. The molecule has 2 aromatic carbocycles. The zero-order chi connectivity index (χ0) is 15.8. The molecule has 1 atom stereocenters. The van der Waals surface area contributed by atoms with Crippen molar-refractivity contribution >= 4 is 5.97 Å². The second-order valence-electron chi connectivity index (χ2n) is 5.62. The number of carbonyl (C=O) groups is 1. The van der Waals surface area contributed by atoms with Crippen molar-refractivity contribution in [3.8, 4) is 11.1 Å². The summed E-state index contributed by atoms with van der Waals surface area (Å²) in [4.78, 5) is 12.5.